The number of aliphatic hydroxyl groups excluding tert-OH is 3. The number of hydrogen-bond donors (Lipinski definition) is 4. The van der Waals surface area contributed by atoms with Crippen LogP contribution < -0.4 is 5.32 Å². The van der Waals surface area contributed by atoms with E-state index in [4.69, 9.17) is 11.6 Å². The molecule has 4 aliphatic rings. The second-order valence-electron chi connectivity index (χ2n) is 13.4. The highest BCUT2D eigenvalue weighted by Crippen LogP contribution is 2.68. The van der Waals surface area contributed by atoms with Crippen molar-refractivity contribution in [2.45, 2.75) is 110 Å². The Labute approximate surface area is 231 Å². The molecule has 12 atom stereocenters. The number of nitrogens with one attached hydrogen (secondary N) is 1. The summed E-state index contributed by atoms with van der Waals surface area (Å²) in [6.07, 6.45) is 6.16. The summed E-state index contributed by atoms with van der Waals surface area (Å²) in [4.78, 5) is 14.2. The summed E-state index contributed by atoms with van der Waals surface area (Å²) >= 11 is 7.66. The Morgan fingerprint density at radius 1 is 1.05 bits per heavy atom. The van der Waals surface area contributed by atoms with Crippen molar-refractivity contribution >= 4 is 28.8 Å². The first-order valence-electron chi connectivity index (χ1n) is 14.6. The summed E-state index contributed by atoms with van der Waals surface area (Å²) in [6, 6.07) is 3.90. The van der Waals surface area contributed by atoms with Gasteiger partial charge in [0.1, 0.15) is 0 Å². The van der Waals surface area contributed by atoms with Crippen LogP contribution in [0.4, 0.5) is 0 Å². The van der Waals surface area contributed by atoms with Crippen LogP contribution >= 0.6 is 22.9 Å². The molecule has 0 saturated heterocycles. The fourth-order valence-electron chi connectivity index (χ4n) is 9.79. The van der Waals surface area contributed by atoms with Gasteiger partial charge in [-0.25, -0.2) is 0 Å². The monoisotopic (exact) mass is 551 g/mol. The van der Waals surface area contributed by atoms with Gasteiger partial charge >= 0.3 is 0 Å². The van der Waals surface area contributed by atoms with Gasteiger partial charge in [0.15, 0.2) is 0 Å². The van der Waals surface area contributed by atoms with Crippen LogP contribution in [0.25, 0.3) is 0 Å². The van der Waals surface area contributed by atoms with Crippen LogP contribution in [0.3, 0.4) is 0 Å². The van der Waals surface area contributed by atoms with E-state index < -0.39 is 12.2 Å². The average Bonchev–Trinajstić information content (AvgIpc) is 3.44. The molecule has 4 fully saturated rings. The van der Waals surface area contributed by atoms with Crippen molar-refractivity contribution in [2.75, 3.05) is 0 Å². The molecular formula is C30H46ClNO4S. The first kappa shape index (κ1) is 27.9. The number of aliphatic hydroxyl groups is 3. The van der Waals surface area contributed by atoms with Crippen molar-refractivity contribution in [2.24, 2.45) is 46.3 Å². The van der Waals surface area contributed by atoms with Crippen LogP contribution in [0.5, 0.6) is 0 Å². The predicted octanol–water partition coefficient (Wildman–Crippen LogP) is 5.96. The smallest absolute Gasteiger partial charge is 0.220 e. The summed E-state index contributed by atoms with van der Waals surface area (Å²) < 4.78 is 0.746. The second kappa shape index (κ2) is 10.4. The fraction of sp³-hybridized carbons (Fsp3) is 0.833. The van der Waals surface area contributed by atoms with E-state index in [0.29, 0.717) is 30.6 Å². The Balaban J connectivity index is 1.29. The highest BCUT2D eigenvalue weighted by atomic mass is 35.5. The third kappa shape index (κ3) is 4.71. The molecule has 1 unspecified atom stereocenters. The molecule has 5 rings (SSSR count). The lowest BCUT2D eigenvalue weighted by atomic mass is 9.43. The van der Waals surface area contributed by atoms with Crippen molar-refractivity contribution in [1.29, 1.82) is 0 Å². The normalized spacial score (nSPS) is 44.9. The van der Waals surface area contributed by atoms with Gasteiger partial charge in [-0.3, -0.25) is 4.79 Å². The number of amides is 1. The molecule has 5 nitrogen and oxygen atoms in total. The molecule has 1 aromatic heterocycles. The minimum Gasteiger partial charge on any atom is -0.393 e. The van der Waals surface area contributed by atoms with Crippen LogP contribution in [-0.2, 0) is 4.79 Å². The van der Waals surface area contributed by atoms with Gasteiger partial charge in [0.2, 0.25) is 5.91 Å². The van der Waals surface area contributed by atoms with Gasteiger partial charge in [0.25, 0.3) is 0 Å². The Morgan fingerprint density at radius 3 is 2.43 bits per heavy atom. The maximum atomic E-state index is 13.1. The molecule has 1 aromatic rings. The Morgan fingerprint density at radius 2 is 1.76 bits per heavy atom. The molecule has 4 N–H and O–H groups in total. The van der Waals surface area contributed by atoms with Crippen molar-refractivity contribution in [3.8, 4) is 0 Å². The van der Waals surface area contributed by atoms with Gasteiger partial charge in [0, 0.05) is 11.3 Å². The van der Waals surface area contributed by atoms with Gasteiger partial charge < -0.3 is 20.6 Å². The van der Waals surface area contributed by atoms with E-state index in [9.17, 15) is 20.1 Å². The maximum absolute atomic E-state index is 13.1. The molecule has 1 heterocycles. The molecule has 4 aliphatic carbocycles. The lowest BCUT2D eigenvalue weighted by Gasteiger charge is -2.63. The Bertz CT molecular complexity index is 987. The number of carbonyl (C=O) groups is 1. The summed E-state index contributed by atoms with van der Waals surface area (Å²) in [7, 11) is 0. The second-order valence-corrected chi connectivity index (χ2v) is 15.1. The topological polar surface area (TPSA) is 89.8 Å². The molecule has 0 bridgehead atoms. The summed E-state index contributed by atoms with van der Waals surface area (Å²) in [6.45, 7) is 9.05. The van der Waals surface area contributed by atoms with Gasteiger partial charge in [0.05, 0.1) is 28.7 Å². The highest BCUT2D eigenvalue weighted by molar-refractivity contribution is 7.16. The largest absolute Gasteiger partial charge is 0.393 e. The van der Waals surface area contributed by atoms with E-state index in [1.165, 1.54) is 11.3 Å². The van der Waals surface area contributed by atoms with Crippen LogP contribution in [-0.4, -0.2) is 39.5 Å². The maximum Gasteiger partial charge on any atom is 0.220 e. The standard InChI is InChI=1S/C30H46ClNO4S/c1-5-22(23-8-9-24(31)37-23)32-25(34)14-16(2)18-6-7-19-26-20(11-13-29(18,19)3)30(4)12-10-17(33)15-21(30)27(35)28(26)36/h8-9,16-22,26-28,33,35-36H,5-7,10-15H2,1-4H3,(H,32,34)/t16-,17-,18?,19+,20+,21+,22-,26+,27-,28+,29-,30-/m1/s1. The third-order valence-corrected chi connectivity index (χ3v) is 13.0. The number of halogens is 1. The molecular weight excluding hydrogens is 506 g/mol. The number of carbonyl (C=O) groups excluding carboxylic acids is 1. The molecule has 1 amide bonds. The summed E-state index contributed by atoms with van der Waals surface area (Å²) in [5, 5.41) is 36.3. The van der Waals surface area contributed by atoms with E-state index >= 15 is 0 Å². The lowest BCUT2D eigenvalue weighted by Crippen LogP contribution is -2.64. The predicted molar refractivity (Wildman–Crippen MR) is 148 cm³/mol. The van der Waals surface area contributed by atoms with Crippen molar-refractivity contribution < 1.29 is 20.1 Å². The molecule has 37 heavy (non-hydrogen) atoms. The van der Waals surface area contributed by atoms with E-state index in [0.717, 1.165) is 54.2 Å². The minimum absolute atomic E-state index is 0.00104. The minimum atomic E-state index is -0.762. The molecule has 7 heteroatoms. The van der Waals surface area contributed by atoms with Crippen LogP contribution in [0, 0.1) is 46.3 Å². The van der Waals surface area contributed by atoms with Crippen molar-refractivity contribution in [3.63, 3.8) is 0 Å². The van der Waals surface area contributed by atoms with E-state index in [-0.39, 0.29) is 46.6 Å². The van der Waals surface area contributed by atoms with Crippen LogP contribution in [0.1, 0.15) is 96.4 Å². The van der Waals surface area contributed by atoms with Crippen LogP contribution in [0.15, 0.2) is 12.1 Å². The van der Waals surface area contributed by atoms with E-state index in [2.05, 4.69) is 33.0 Å². The Hall–Kier alpha value is -0.660. The molecule has 0 spiro atoms. The van der Waals surface area contributed by atoms with Crippen molar-refractivity contribution in [3.05, 3.63) is 21.3 Å². The zero-order valence-corrected chi connectivity index (χ0v) is 24.4. The van der Waals surface area contributed by atoms with Gasteiger partial charge in [-0.1, -0.05) is 39.3 Å². The van der Waals surface area contributed by atoms with Crippen LogP contribution in [0.2, 0.25) is 4.34 Å². The van der Waals surface area contributed by atoms with E-state index in [1.807, 2.05) is 12.1 Å². The summed E-state index contributed by atoms with van der Waals surface area (Å²) in [5.74, 6) is 1.63. The first-order valence-corrected chi connectivity index (χ1v) is 15.8. The average molecular weight is 552 g/mol. The lowest BCUT2D eigenvalue weighted by molar-refractivity contribution is -0.223. The fourth-order valence-corrected chi connectivity index (χ4v) is 11.0. The third-order valence-electron chi connectivity index (χ3n) is 11.7. The van der Waals surface area contributed by atoms with Crippen molar-refractivity contribution in [1.82, 2.24) is 5.32 Å². The molecule has 0 aromatic carbocycles. The zero-order valence-electron chi connectivity index (χ0n) is 22.8. The molecule has 0 aliphatic heterocycles. The first-order chi connectivity index (χ1) is 17.5. The highest BCUT2D eigenvalue weighted by Gasteiger charge is 2.65. The number of rotatable bonds is 6. The molecule has 0 radical (unpaired) electrons. The van der Waals surface area contributed by atoms with Gasteiger partial charge in [-0.05, 0) is 110 Å². The SMILES string of the molecule is CC[C@@H](NC(=O)C[C@@H](C)C1CC[C@H]2[C@@H]3[C@H](O)[C@H](O)[C@@H]4C[C@H](O)CC[C@]4(C)[C@H]3CC[C@]12C)c1ccc(Cl)s1. The summed E-state index contributed by atoms with van der Waals surface area (Å²) in [5.41, 5.74) is 0.0533. The quantitative estimate of drug-likeness (QED) is 0.351. The molecule has 4 saturated carbocycles. The zero-order chi connectivity index (χ0) is 26.7. The van der Waals surface area contributed by atoms with Gasteiger partial charge in [-0.2, -0.15) is 0 Å². The number of hydrogen-bond acceptors (Lipinski definition) is 5. The molecule has 208 valence electrons. The Kier molecular flexibility index (Phi) is 7.83. The number of fused-ring (bicyclic) bond motifs is 5. The number of thiophene rings is 1. The van der Waals surface area contributed by atoms with Gasteiger partial charge in [-0.15, -0.1) is 11.3 Å². The van der Waals surface area contributed by atoms with E-state index in [1.54, 1.807) is 0 Å².